The summed E-state index contributed by atoms with van der Waals surface area (Å²) in [7, 11) is 0. The molecule has 0 radical (unpaired) electrons. The maximum Gasteiger partial charge on any atom is 0.123 e. The van der Waals surface area contributed by atoms with Gasteiger partial charge in [-0.15, -0.1) is 0 Å². The van der Waals surface area contributed by atoms with Crippen LogP contribution in [0.4, 0.5) is 10.1 Å². The van der Waals surface area contributed by atoms with Crippen LogP contribution in [0.25, 0.3) is 0 Å². The van der Waals surface area contributed by atoms with Crippen molar-refractivity contribution < 1.29 is 4.39 Å². The van der Waals surface area contributed by atoms with Crippen LogP contribution < -0.4 is 17.0 Å². The molecule has 0 aliphatic rings. The van der Waals surface area contributed by atoms with Gasteiger partial charge in [-0.1, -0.05) is 19.8 Å². The molecular weight excluding hydrogens is 193 g/mol. The minimum absolute atomic E-state index is 0.0688. The number of halogens is 1. The predicted molar refractivity (Wildman–Crippen MR) is 60.4 cm³/mol. The molecule has 1 rings (SSSR count). The maximum absolute atomic E-state index is 13.0. The molecule has 0 fully saturated rings. The summed E-state index contributed by atoms with van der Waals surface area (Å²) in [6.45, 7) is 2.10. The van der Waals surface area contributed by atoms with Gasteiger partial charge in [-0.25, -0.2) is 4.39 Å². The average molecular weight is 211 g/mol. The van der Waals surface area contributed by atoms with E-state index >= 15 is 0 Å². The highest BCUT2D eigenvalue weighted by atomic mass is 19.1. The van der Waals surface area contributed by atoms with Crippen LogP contribution in [0.2, 0.25) is 0 Å². The molecule has 0 aliphatic heterocycles. The SMILES string of the molecule is CCCCC(NN)c1cc(F)ccc1N. The Kier molecular flexibility index (Phi) is 4.52. The van der Waals surface area contributed by atoms with Crippen molar-refractivity contribution in [3.05, 3.63) is 29.6 Å². The molecule has 1 unspecified atom stereocenters. The average Bonchev–Trinajstić information content (AvgIpc) is 2.24. The first kappa shape index (κ1) is 11.9. The van der Waals surface area contributed by atoms with Gasteiger partial charge in [-0.05, 0) is 30.2 Å². The van der Waals surface area contributed by atoms with Gasteiger partial charge in [0.25, 0.3) is 0 Å². The molecule has 0 aromatic heterocycles. The van der Waals surface area contributed by atoms with Crippen LogP contribution in [-0.2, 0) is 0 Å². The van der Waals surface area contributed by atoms with Gasteiger partial charge in [-0.2, -0.15) is 0 Å². The van der Waals surface area contributed by atoms with Gasteiger partial charge in [0.15, 0.2) is 0 Å². The van der Waals surface area contributed by atoms with Crippen molar-refractivity contribution >= 4 is 5.69 Å². The molecule has 0 saturated heterocycles. The number of hydrazine groups is 1. The minimum Gasteiger partial charge on any atom is -0.398 e. The van der Waals surface area contributed by atoms with Gasteiger partial charge >= 0.3 is 0 Å². The first-order valence-electron chi connectivity index (χ1n) is 5.20. The molecule has 0 heterocycles. The Labute approximate surface area is 89.6 Å². The number of nitrogens with one attached hydrogen (secondary N) is 1. The van der Waals surface area contributed by atoms with Crippen LogP contribution in [0.15, 0.2) is 18.2 Å². The van der Waals surface area contributed by atoms with Crippen molar-refractivity contribution in [2.45, 2.75) is 32.2 Å². The van der Waals surface area contributed by atoms with Crippen LogP contribution in [0.3, 0.4) is 0 Å². The third-order valence-electron chi connectivity index (χ3n) is 2.47. The van der Waals surface area contributed by atoms with Gasteiger partial charge in [0.05, 0.1) is 0 Å². The van der Waals surface area contributed by atoms with E-state index in [1.165, 1.54) is 12.1 Å². The molecule has 15 heavy (non-hydrogen) atoms. The van der Waals surface area contributed by atoms with E-state index in [2.05, 4.69) is 12.3 Å². The van der Waals surface area contributed by atoms with Crippen molar-refractivity contribution in [2.24, 2.45) is 5.84 Å². The molecule has 1 atom stereocenters. The normalized spacial score (nSPS) is 12.7. The smallest absolute Gasteiger partial charge is 0.123 e. The van der Waals surface area contributed by atoms with E-state index in [9.17, 15) is 4.39 Å². The van der Waals surface area contributed by atoms with E-state index in [0.717, 1.165) is 24.8 Å². The van der Waals surface area contributed by atoms with Crippen molar-refractivity contribution in [3.8, 4) is 0 Å². The third-order valence-corrected chi connectivity index (χ3v) is 2.47. The topological polar surface area (TPSA) is 64.1 Å². The fourth-order valence-electron chi connectivity index (χ4n) is 1.58. The lowest BCUT2D eigenvalue weighted by molar-refractivity contribution is 0.493. The van der Waals surface area contributed by atoms with E-state index in [1.807, 2.05) is 0 Å². The summed E-state index contributed by atoms with van der Waals surface area (Å²) >= 11 is 0. The fraction of sp³-hybridized carbons (Fsp3) is 0.455. The molecule has 0 amide bonds. The zero-order valence-corrected chi connectivity index (χ0v) is 8.96. The molecule has 0 saturated carbocycles. The van der Waals surface area contributed by atoms with Crippen molar-refractivity contribution in [3.63, 3.8) is 0 Å². The highest BCUT2D eigenvalue weighted by Gasteiger charge is 2.12. The Morgan fingerprint density at radius 3 is 2.80 bits per heavy atom. The van der Waals surface area contributed by atoms with E-state index in [1.54, 1.807) is 6.07 Å². The molecule has 0 bridgehead atoms. The second kappa shape index (κ2) is 5.68. The Morgan fingerprint density at radius 2 is 2.20 bits per heavy atom. The van der Waals surface area contributed by atoms with Gasteiger partial charge in [-0.3, -0.25) is 11.3 Å². The molecule has 0 aliphatic carbocycles. The Morgan fingerprint density at radius 1 is 1.47 bits per heavy atom. The molecule has 0 spiro atoms. The number of nitrogens with two attached hydrogens (primary N) is 2. The van der Waals surface area contributed by atoms with Gasteiger partial charge in [0.1, 0.15) is 5.82 Å². The standard InChI is InChI=1S/C11H18FN3/c1-2-3-4-11(15-14)9-7-8(12)5-6-10(9)13/h5-7,11,15H,2-4,13-14H2,1H3. The lowest BCUT2D eigenvalue weighted by Crippen LogP contribution is -2.28. The first-order valence-corrected chi connectivity index (χ1v) is 5.20. The van der Waals surface area contributed by atoms with Crippen molar-refractivity contribution in [1.29, 1.82) is 0 Å². The summed E-state index contributed by atoms with van der Waals surface area (Å²) in [4.78, 5) is 0. The van der Waals surface area contributed by atoms with E-state index in [0.29, 0.717) is 5.69 Å². The molecule has 4 heteroatoms. The van der Waals surface area contributed by atoms with Crippen LogP contribution in [-0.4, -0.2) is 0 Å². The molecule has 1 aromatic carbocycles. The van der Waals surface area contributed by atoms with Crippen LogP contribution in [0, 0.1) is 5.82 Å². The van der Waals surface area contributed by atoms with Gasteiger partial charge < -0.3 is 5.73 Å². The molecular formula is C11H18FN3. The number of hydrogen-bond donors (Lipinski definition) is 3. The molecule has 84 valence electrons. The zero-order valence-electron chi connectivity index (χ0n) is 8.96. The van der Waals surface area contributed by atoms with Gasteiger partial charge in [0.2, 0.25) is 0 Å². The van der Waals surface area contributed by atoms with Crippen LogP contribution in [0.5, 0.6) is 0 Å². The summed E-state index contributed by atoms with van der Waals surface area (Å²) in [5.41, 5.74) is 9.77. The fourth-order valence-corrected chi connectivity index (χ4v) is 1.58. The quantitative estimate of drug-likeness (QED) is 0.397. The Bertz CT molecular complexity index is 315. The van der Waals surface area contributed by atoms with E-state index in [-0.39, 0.29) is 11.9 Å². The second-order valence-electron chi connectivity index (χ2n) is 3.63. The first-order chi connectivity index (χ1) is 7.19. The number of benzene rings is 1. The van der Waals surface area contributed by atoms with E-state index in [4.69, 9.17) is 11.6 Å². The van der Waals surface area contributed by atoms with Gasteiger partial charge in [0, 0.05) is 11.7 Å². The predicted octanol–water partition coefficient (Wildman–Crippen LogP) is 2.10. The number of nitrogen functional groups attached to an aromatic ring is 1. The Hall–Kier alpha value is -1.13. The number of rotatable bonds is 5. The molecule has 5 N–H and O–H groups in total. The largest absolute Gasteiger partial charge is 0.398 e. The number of hydrogen-bond acceptors (Lipinski definition) is 3. The zero-order chi connectivity index (χ0) is 11.3. The Balaban J connectivity index is 2.85. The highest BCUT2D eigenvalue weighted by Crippen LogP contribution is 2.24. The van der Waals surface area contributed by atoms with Crippen LogP contribution in [0.1, 0.15) is 37.8 Å². The van der Waals surface area contributed by atoms with Crippen LogP contribution >= 0.6 is 0 Å². The summed E-state index contributed by atoms with van der Waals surface area (Å²) < 4.78 is 13.0. The number of anilines is 1. The maximum atomic E-state index is 13.0. The summed E-state index contributed by atoms with van der Waals surface area (Å²) in [6, 6.07) is 4.29. The van der Waals surface area contributed by atoms with E-state index < -0.39 is 0 Å². The lowest BCUT2D eigenvalue weighted by atomic mass is 10.00. The summed E-state index contributed by atoms with van der Waals surface area (Å²) in [6.07, 6.45) is 2.97. The third kappa shape index (κ3) is 3.18. The lowest BCUT2D eigenvalue weighted by Gasteiger charge is -2.17. The van der Waals surface area contributed by atoms with Crippen molar-refractivity contribution in [1.82, 2.24) is 5.43 Å². The molecule has 1 aromatic rings. The summed E-state index contributed by atoms with van der Waals surface area (Å²) in [5.74, 6) is 5.15. The molecule has 3 nitrogen and oxygen atoms in total. The summed E-state index contributed by atoms with van der Waals surface area (Å²) in [5, 5.41) is 0. The highest BCUT2D eigenvalue weighted by molar-refractivity contribution is 5.48. The minimum atomic E-state index is -0.282. The monoisotopic (exact) mass is 211 g/mol. The van der Waals surface area contributed by atoms with Crippen molar-refractivity contribution in [2.75, 3.05) is 5.73 Å². The number of unbranched alkanes of at least 4 members (excludes halogenated alkanes) is 1. The second-order valence-corrected chi connectivity index (χ2v) is 3.63.